The van der Waals surface area contributed by atoms with Crippen LogP contribution in [0.1, 0.15) is 26.2 Å². The van der Waals surface area contributed by atoms with E-state index in [9.17, 15) is 8.42 Å². The van der Waals surface area contributed by atoms with E-state index in [-0.39, 0.29) is 18.4 Å². The van der Waals surface area contributed by atoms with E-state index in [0.29, 0.717) is 18.4 Å². The highest BCUT2D eigenvalue weighted by molar-refractivity contribution is 7.99. The maximum Gasteiger partial charge on any atom is 0.214 e. The summed E-state index contributed by atoms with van der Waals surface area (Å²) in [7, 11) is -3.21. The summed E-state index contributed by atoms with van der Waals surface area (Å²) in [5.74, 6) is 1.12. The number of thioether (sulfide) groups is 1. The Kier molecular flexibility index (Phi) is 7.55. The van der Waals surface area contributed by atoms with Gasteiger partial charge in [0.1, 0.15) is 0 Å². The molecule has 3 N–H and O–H groups in total. The van der Waals surface area contributed by atoms with E-state index in [1.54, 1.807) is 0 Å². The van der Waals surface area contributed by atoms with Crippen LogP contribution in [0, 0.1) is 0 Å². The summed E-state index contributed by atoms with van der Waals surface area (Å²) in [4.78, 5) is 0. The van der Waals surface area contributed by atoms with E-state index >= 15 is 0 Å². The van der Waals surface area contributed by atoms with Crippen LogP contribution in [-0.4, -0.2) is 51.0 Å². The molecule has 1 rings (SSSR count). The average molecular weight is 296 g/mol. The normalized spacial score (nSPS) is 24.6. The third-order valence-electron chi connectivity index (χ3n) is 2.89. The zero-order valence-corrected chi connectivity index (χ0v) is 12.6. The van der Waals surface area contributed by atoms with Crippen molar-refractivity contribution in [1.29, 1.82) is 0 Å². The minimum atomic E-state index is -3.21. The Morgan fingerprint density at radius 2 is 2.17 bits per heavy atom. The molecule has 1 fully saturated rings. The van der Waals surface area contributed by atoms with Gasteiger partial charge in [-0.05, 0) is 25.0 Å². The molecule has 1 aliphatic carbocycles. The second-order valence-corrected chi connectivity index (χ2v) is 7.88. The zero-order valence-electron chi connectivity index (χ0n) is 10.9. The monoisotopic (exact) mass is 296 g/mol. The first kappa shape index (κ1) is 16.2. The molecule has 0 aliphatic heterocycles. The molecule has 5 nitrogen and oxygen atoms in total. The summed E-state index contributed by atoms with van der Waals surface area (Å²) in [5, 5.41) is 0.608. The summed E-state index contributed by atoms with van der Waals surface area (Å²) < 4.78 is 31.4. The van der Waals surface area contributed by atoms with Crippen molar-refractivity contribution in [2.45, 2.75) is 37.5 Å². The number of nitrogens with two attached hydrogens (primary N) is 1. The standard InChI is InChI=1S/C11H24N2O3S2/c1-2-17-11-4-3-10(9-11)13-18(14,15)8-7-16-6-5-12/h10-11,13H,2-9,12H2,1H3. The van der Waals surface area contributed by atoms with Crippen LogP contribution < -0.4 is 10.5 Å². The minimum absolute atomic E-state index is 0.0229. The molecule has 2 unspecified atom stereocenters. The summed E-state index contributed by atoms with van der Waals surface area (Å²) in [6, 6.07) is 0.105. The van der Waals surface area contributed by atoms with E-state index < -0.39 is 10.0 Å². The van der Waals surface area contributed by atoms with Gasteiger partial charge >= 0.3 is 0 Å². The predicted octanol–water partition coefficient (Wildman–Crippen LogP) is 0.555. The quantitative estimate of drug-likeness (QED) is 0.608. The first-order chi connectivity index (χ1) is 8.57. The largest absolute Gasteiger partial charge is 0.379 e. The van der Waals surface area contributed by atoms with E-state index in [0.717, 1.165) is 25.0 Å². The molecular formula is C11H24N2O3S2. The summed E-state index contributed by atoms with van der Waals surface area (Å²) >= 11 is 1.92. The molecule has 0 aromatic heterocycles. The van der Waals surface area contributed by atoms with Crippen molar-refractivity contribution in [2.75, 3.05) is 31.3 Å². The lowest BCUT2D eigenvalue weighted by molar-refractivity contribution is 0.156. The topological polar surface area (TPSA) is 81.4 Å². The molecule has 0 spiro atoms. The van der Waals surface area contributed by atoms with Gasteiger partial charge < -0.3 is 10.5 Å². The van der Waals surface area contributed by atoms with Gasteiger partial charge in [-0.15, -0.1) is 0 Å². The second kappa shape index (κ2) is 8.37. The van der Waals surface area contributed by atoms with Crippen LogP contribution in [0.15, 0.2) is 0 Å². The first-order valence-electron chi connectivity index (χ1n) is 6.46. The van der Waals surface area contributed by atoms with Crippen LogP contribution in [0.4, 0.5) is 0 Å². The molecule has 0 aromatic carbocycles. The molecule has 18 heavy (non-hydrogen) atoms. The first-order valence-corrected chi connectivity index (χ1v) is 9.17. The molecular weight excluding hydrogens is 272 g/mol. The summed E-state index contributed by atoms with van der Waals surface area (Å²) in [5.41, 5.74) is 5.26. The van der Waals surface area contributed by atoms with E-state index in [1.165, 1.54) is 0 Å². The Labute approximate surface area is 114 Å². The van der Waals surface area contributed by atoms with Crippen LogP contribution in [0.3, 0.4) is 0 Å². The van der Waals surface area contributed by atoms with Crippen molar-refractivity contribution >= 4 is 21.8 Å². The molecule has 1 saturated carbocycles. The molecule has 2 atom stereocenters. The fraction of sp³-hybridized carbons (Fsp3) is 1.00. The zero-order chi connectivity index (χ0) is 13.4. The maximum atomic E-state index is 11.8. The van der Waals surface area contributed by atoms with Crippen molar-refractivity contribution in [3.63, 3.8) is 0 Å². The smallest absolute Gasteiger partial charge is 0.214 e. The van der Waals surface area contributed by atoms with Crippen molar-refractivity contribution in [1.82, 2.24) is 4.72 Å². The third-order valence-corrected chi connectivity index (χ3v) is 5.52. The van der Waals surface area contributed by atoms with Gasteiger partial charge in [-0.3, -0.25) is 0 Å². The summed E-state index contributed by atoms with van der Waals surface area (Å²) in [6.07, 6.45) is 3.00. The lowest BCUT2D eigenvalue weighted by Gasteiger charge is -2.13. The number of nitrogens with one attached hydrogen (secondary N) is 1. The Bertz CT molecular complexity index is 322. The van der Waals surface area contributed by atoms with Crippen molar-refractivity contribution in [3.8, 4) is 0 Å². The number of rotatable bonds is 9. The molecule has 0 heterocycles. The summed E-state index contributed by atoms with van der Waals surface area (Å²) in [6.45, 7) is 3.18. The molecule has 0 aromatic rings. The molecule has 108 valence electrons. The highest BCUT2D eigenvalue weighted by Gasteiger charge is 2.27. The highest BCUT2D eigenvalue weighted by atomic mass is 32.2. The molecule has 7 heteroatoms. The van der Waals surface area contributed by atoms with Gasteiger partial charge in [0, 0.05) is 17.8 Å². The second-order valence-electron chi connectivity index (χ2n) is 4.43. The van der Waals surface area contributed by atoms with Gasteiger partial charge in [0.05, 0.1) is 19.0 Å². The van der Waals surface area contributed by atoms with Gasteiger partial charge in [0.15, 0.2) is 0 Å². The van der Waals surface area contributed by atoms with Gasteiger partial charge in [0.25, 0.3) is 0 Å². The lowest BCUT2D eigenvalue weighted by atomic mass is 10.3. The van der Waals surface area contributed by atoms with Crippen LogP contribution in [0.25, 0.3) is 0 Å². The molecule has 0 bridgehead atoms. The van der Waals surface area contributed by atoms with Crippen LogP contribution >= 0.6 is 11.8 Å². The molecule has 0 radical (unpaired) electrons. The number of hydrogen-bond donors (Lipinski definition) is 2. The van der Waals surface area contributed by atoms with Crippen molar-refractivity contribution in [3.05, 3.63) is 0 Å². The number of ether oxygens (including phenoxy) is 1. The third kappa shape index (κ3) is 6.38. The molecule has 0 saturated heterocycles. The fourth-order valence-corrected chi connectivity index (χ4v) is 4.42. The van der Waals surface area contributed by atoms with Crippen LogP contribution in [-0.2, 0) is 14.8 Å². The van der Waals surface area contributed by atoms with E-state index in [4.69, 9.17) is 10.5 Å². The van der Waals surface area contributed by atoms with E-state index in [2.05, 4.69) is 11.6 Å². The van der Waals surface area contributed by atoms with Gasteiger partial charge in [0.2, 0.25) is 10.0 Å². The molecule has 0 amide bonds. The van der Waals surface area contributed by atoms with Crippen LogP contribution in [0.5, 0.6) is 0 Å². The van der Waals surface area contributed by atoms with Gasteiger partial charge in [-0.1, -0.05) is 6.92 Å². The number of hydrogen-bond acceptors (Lipinski definition) is 5. The van der Waals surface area contributed by atoms with Gasteiger partial charge in [-0.2, -0.15) is 11.8 Å². The maximum absolute atomic E-state index is 11.8. The molecule has 1 aliphatic rings. The predicted molar refractivity (Wildman–Crippen MR) is 76.4 cm³/mol. The van der Waals surface area contributed by atoms with Gasteiger partial charge in [-0.25, -0.2) is 13.1 Å². The lowest BCUT2D eigenvalue weighted by Crippen LogP contribution is -2.36. The van der Waals surface area contributed by atoms with Crippen molar-refractivity contribution in [2.24, 2.45) is 5.73 Å². The Morgan fingerprint density at radius 1 is 1.39 bits per heavy atom. The van der Waals surface area contributed by atoms with E-state index in [1.807, 2.05) is 11.8 Å². The average Bonchev–Trinajstić information content (AvgIpc) is 2.72. The minimum Gasteiger partial charge on any atom is -0.379 e. The SMILES string of the molecule is CCSC1CCC(NS(=O)(=O)CCOCCN)C1. The highest BCUT2D eigenvalue weighted by Crippen LogP contribution is 2.29. The number of sulfonamides is 1. The Hall–Kier alpha value is 0.180. The van der Waals surface area contributed by atoms with Crippen molar-refractivity contribution < 1.29 is 13.2 Å². The Balaban J connectivity index is 2.24. The fourth-order valence-electron chi connectivity index (χ4n) is 2.10. The Morgan fingerprint density at radius 3 is 2.83 bits per heavy atom. The van der Waals surface area contributed by atoms with Crippen LogP contribution in [0.2, 0.25) is 0 Å².